The molecule has 2 nitrogen and oxygen atoms in total. The molecule has 0 saturated carbocycles. The summed E-state index contributed by atoms with van der Waals surface area (Å²) in [5.74, 6) is 0. The van der Waals surface area contributed by atoms with E-state index in [2.05, 4.69) is 20.8 Å². The van der Waals surface area contributed by atoms with Crippen LogP contribution in [0.5, 0.6) is 0 Å². The Kier molecular flexibility index (Phi) is 3.81. The minimum Gasteiger partial charge on any atom is -0.208 e. The zero-order chi connectivity index (χ0) is 12.4. The first-order chi connectivity index (χ1) is 7.18. The normalized spacial score (nSPS) is 13.2. The van der Waals surface area contributed by atoms with Gasteiger partial charge < -0.3 is 0 Å². The summed E-state index contributed by atoms with van der Waals surface area (Å²) in [4.78, 5) is 0. The van der Waals surface area contributed by atoms with Crippen LogP contribution in [0.1, 0.15) is 31.9 Å². The van der Waals surface area contributed by atoms with E-state index in [0.29, 0.717) is 0 Å². The second-order valence-electron chi connectivity index (χ2n) is 4.65. The third-order valence-electron chi connectivity index (χ3n) is 2.20. The fraction of sp³-hybridized carbons (Fsp3) is 0.333. The van der Waals surface area contributed by atoms with E-state index in [1.165, 1.54) is 11.6 Å². The highest BCUT2D eigenvalue weighted by molar-refractivity contribution is 8.16. The molecule has 1 rings (SSSR count). The van der Waals surface area contributed by atoms with Crippen LogP contribution >= 0.6 is 10.7 Å². The van der Waals surface area contributed by atoms with Crippen LogP contribution in [0.2, 0.25) is 0 Å². The Balaban J connectivity index is 2.93. The summed E-state index contributed by atoms with van der Waals surface area (Å²) in [6.45, 7) is 6.38. The maximum Gasteiger partial charge on any atom is 0.254 e. The first-order valence-corrected chi connectivity index (χ1v) is 7.29. The number of hydrogen-bond donors (Lipinski definition) is 0. The summed E-state index contributed by atoms with van der Waals surface area (Å²) >= 11 is 0. The van der Waals surface area contributed by atoms with Crippen molar-refractivity contribution in [2.75, 3.05) is 0 Å². The molecule has 0 aliphatic heterocycles. The lowest BCUT2D eigenvalue weighted by molar-refractivity contribution is 0.590. The van der Waals surface area contributed by atoms with Crippen LogP contribution in [0.3, 0.4) is 0 Å². The maximum absolute atomic E-state index is 10.7. The summed E-state index contributed by atoms with van der Waals surface area (Å²) in [5, 5.41) is 0.987. The molecule has 0 atom stereocenters. The smallest absolute Gasteiger partial charge is 0.208 e. The Labute approximate surface area is 101 Å². The van der Waals surface area contributed by atoms with Gasteiger partial charge in [-0.25, -0.2) is 8.42 Å². The molecule has 16 heavy (non-hydrogen) atoms. The Morgan fingerprint density at radius 2 is 1.62 bits per heavy atom. The van der Waals surface area contributed by atoms with Crippen molar-refractivity contribution in [3.05, 3.63) is 40.8 Å². The number of benzene rings is 1. The second-order valence-corrected chi connectivity index (χ2v) is 7.16. The van der Waals surface area contributed by atoms with Crippen LogP contribution in [0.15, 0.2) is 29.7 Å². The van der Waals surface area contributed by atoms with E-state index in [-0.39, 0.29) is 5.41 Å². The number of hydrogen-bond acceptors (Lipinski definition) is 2. The number of halogens is 1. The van der Waals surface area contributed by atoms with Gasteiger partial charge in [-0.05, 0) is 22.6 Å². The van der Waals surface area contributed by atoms with Crippen LogP contribution in [-0.2, 0) is 14.5 Å². The molecule has 0 aliphatic carbocycles. The standard InChI is InChI=1S/C12H15ClO2S/c1-12(2,3)11-6-4-10(5-7-11)8-9-16(13,14)15/h4-9H,1-3H3. The van der Waals surface area contributed by atoms with E-state index in [1.54, 1.807) is 0 Å². The van der Waals surface area contributed by atoms with Gasteiger partial charge in [0.05, 0.1) is 0 Å². The Hall–Kier alpha value is -0.800. The molecular formula is C12H15ClO2S. The highest BCUT2D eigenvalue weighted by atomic mass is 35.7. The molecule has 1 aromatic rings. The lowest BCUT2D eigenvalue weighted by atomic mass is 9.87. The zero-order valence-electron chi connectivity index (χ0n) is 9.57. The van der Waals surface area contributed by atoms with E-state index in [0.717, 1.165) is 11.0 Å². The van der Waals surface area contributed by atoms with Gasteiger partial charge in [-0.3, -0.25) is 0 Å². The van der Waals surface area contributed by atoms with Gasteiger partial charge in [0.1, 0.15) is 0 Å². The summed E-state index contributed by atoms with van der Waals surface area (Å²) in [7, 11) is 1.50. The predicted octanol–water partition coefficient (Wildman–Crippen LogP) is 3.52. The largest absolute Gasteiger partial charge is 0.254 e. The van der Waals surface area contributed by atoms with Crippen LogP contribution in [0.25, 0.3) is 6.08 Å². The minimum absolute atomic E-state index is 0.0980. The molecule has 0 unspecified atom stereocenters. The van der Waals surface area contributed by atoms with Crippen LogP contribution in [-0.4, -0.2) is 8.42 Å². The van der Waals surface area contributed by atoms with Gasteiger partial charge in [0.25, 0.3) is 9.05 Å². The van der Waals surface area contributed by atoms with Gasteiger partial charge in [0.15, 0.2) is 0 Å². The molecule has 4 heteroatoms. The average molecular weight is 259 g/mol. The molecule has 0 fully saturated rings. The molecule has 0 N–H and O–H groups in total. The third-order valence-corrected chi connectivity index (χ3v) is 2.97. The van der Waals surface area contributed by atoms with E-state index >= 15 is 0 Å². The quantitative estimate of drug-likeness (QED) is 0.761. The van der Waals surface area contributed by atoms with Crippen molar-refractivity contribution in [2.45, 2.75) is 26.2 Å². The summed E-state index contributed by atoms with van der Waals surface area (Å²) in [5.41, 5.74) is 2.12. The topological polar surface area (TPSA) is 34.1 Å². The van der Waals surface area contributed by atoms with Crippen LogP contribution in [0.4, 0.5) is 0 Å². The Morgan fingerprint density at radius 3 is 2.00 bits per heavy atom. The summed E-state index contributed by atoms with van der Waals surface area (Å²) < 4.78 is 21.4. The first kappa shape index (κ1) is 13.3. The molecule has 1 aromatic carbocycles. The summed E-state index contributed by atoms with van der Waals surface area (Å²) in [6.07, 6.45) is 1.48. The third kappa shape index (κ3) is 4.37. The Bertz CT molecular complexity index is 479. The van der Waals surface area contributed by atoms with E-state index in [9.17, 15) is 8.42 Å². The van der Waals surface area contributed by atoms with Gasteiger partial charge in [-0.1, -0.05) is 45.0 Å². The van der Waals surface area contributed by atoms with Crippen molar-refractivity contribution in [3.63, 3.8) is 0 Å². The first-order valence-electron chi connectivity index (χ1n) is 4.92. The predicted molar refractivity (Wildman–Crippen MR) is 68.9 cm³/mol. The van der Waals surface area contributed by atoms with Gasteiger partial charge >= 0.3 is 0 Å². The molecule has 0 heterocycles. The van der Waals surface area contributed by atoms with Crippen molar-refractivity contribution >= 4 is 25.8 Å². The van der Waals surface area contributed by atoms with Gasteiger partial charge in [-0.15, -0.1) is 0 Å². The van der Waals surface area contributed by atoms with Crippen molar-refractivity contribution < 1.29 is 8.42 Å². The van der Waals surface area contributed by atoms with Gasteiger partial charge in [-0.2, -0.15) is 0 Å². The molecular weight excluding hydrogens is 244 g/mol. The maximum atomic E-state index is 10.7. The lowest BCUT2D eigenvalue weighted by Gasteiger charge is -2.18. The lowest BCUT2D eigenvalue weighted by Crippen LogP contribution is -2.10. The SMILES string of the molecule is CC(C)(C)c1ccc(C=CS(=O)(=O)Cl)cc1. The molecule has 0 aromatic heterocycles. The molecule has 0 amide bonds. The minimum atomic E-state index is -3.57. The molecule has 0 saturated heterocycles. The molecule has 0 radical (unpaired) electrons. The fourth-order valence-corrected chi connectivity index (χ4v) is 1.73. The molecule has 0 aliphatic rings. The van der Waals surface area contributed by atoms with Gasteiger partial charge in [0.2, 0.25) is 0 Å². The van der Waals surface area contributed by atoms with Crippen molar-refractivity contribution in [3.8, 4) is 0 Å². The van der Waals surface area contributed by atoms with Gasteiger partial charge in [0, 0.05) is 16.1 Å². The average Bonchev–Trinajstić information content (AvgIpc) is 2.13. The zero-order valence-corrected chi connectivity index (χ0v) is 11.1. The van der Waals surface area contributed by atoms with E-state index in [4.69, 9.17) is 10.7 Å². The molecule has 0 bridgehead atoms. The van der Waals surface area contributed by atoms with E-state index < -0.39 is 9.05 Å². The van der Waals surface area contributed by atoms with E-state index in [1.807, 2.05) is 24.3 Å². The molecule has 88 valence electrons. The summed E-state index contributed by atoms with van der Waals surface area (Å²) in [6, 6.07) is 7.72. The number of rotatable bonds is 2. The highest BCUT2D eigenvalue weighted by Crippen LogP contribution is 2.22. The fourth-order valence-electron chi connectivity index (χ4n) is 1.25. The Morgan fingerprint density at radius 1 is 1.12 bits per heavy atom. The van der Waals surface area contributed by atoms with Crippen molar-refractivity contribution in [1.29, 1.82) is 0 Å². The second kappa shape index (κ2) is 4.60. The molecule has 0 spiro atoms. The van der Waals surface area contributed by atoms with Crippen LogP contribution in [0, 0.1) is 0 Å². The van der Waals surface area contributed by atoms with Crippen molar-refractivity contribution in [2.24, 2.45) is 0 Å². The van der Waals surface area contributed by atoms with Crippen molar-refractivity contribution in [1.82, 2.24) is 0 Å². The van der Waals surface area contributed by atoms with Crippen LogP contribution < -0.4 is 0 Å². The monoisotopic (exact) mass is 258 g/mol. The highest BCUT2D eigenvalue weighted by Gasteiger charge is 2.12.